The summed E-state index contributed by atoms with van der Waals surface area (Å²) in [6.45, 7) is 3.45. The monoisotopic (exact) mass is 412 g/mol. The van der Waals surface area contributed by atoms with Crippen molar-refractivity contribution in [3.05, 3.63) is 57.9 Å². The lowest BCUT2D eigenvalue weighted by Gasteiger charge is -2.16. The van der Waals surface area contributed by atoms with Crippen LogP contribution in [0.4, 0.5) is 5.69 Å². The summed E-state index contributed by atoms with van der Waals surface area (Å²) in [6.07, 6.45) is 7.80. The van der Waals surface area contributed by atoms with E-state index in [9.17, 15) is 14.7 Å². The largest absolute Gasteiger partial charge is 0.493 e. The molecule has 1 saturated carbocycles. The molecular weight excluding hydrogens is 384 g/mol. The number of nitrogens with two attached hydrogens (primary N) is 1. The zero-order valence-electron chi connectivity index (χ0n) is 17.5. The van der Waals surface area contributed by atoms with Crippen molar-refractivity contribution in [2.24, 2.45) is 5.73 Å². The van der Waals surface area contributed by atoms with Crippen molar-refractivity contribution >= 4 is 17.7 Å². The van der Waals surface area contributed by atoms with Gasteiger partial charge in [0, 0.05) is 17.9 Å². The van der Waals surface area contributed by atoms with E-state index in [1.165, 1.54) is 19.4 Å². The molecule has 2 aromatic rings. The van der Waals surface area contributed by atoms with Gasteiger partial charge in [-0.05, 0) is 63.8 Å². The smallest absolute Gasteiger partial charge is 0.263 e. The van der Waals surface area contributed by atoms with Crippen molar-refractivity contribution in [1.29, 1.82) is 0 Å². The Morgan fingerprint density at radius 3 is 2.83 bits per heavy atom. The fourth-order valence-electron chi connectivity index (χ4n) is 3.02. The Kier molecular flexibility index (Phi) is 6.26. The molecule has 160 valence electrons. The van der Waals surface area contributed by atoms with Gasteiger partial charge in [0.2, 0.25) is 0 Å². The van der Waals surface area contributed by atoms with Crippen LogP contribution in [0.15, 0.2) is 41.1 Å². The minimum absolute atomic E-state index is 0.0741. The SMILES string of the molecule is COc1cnc(/C=C(\N)CCC(C)(C)O)cc1NC(=O)c1cccn(C2CC2)c1=O. The molecule has 0 radical (unpaired) electrons. The molecule has 0 spiro atoms. The van der Waals surface area contributed by atoms with Gasteiger partial charge in [-0.25, -0.2) is 0 Å². The number of hydrogen-bond donors (Lipinski definition) is 3. The van der Waals surface area contributed by atoms with Crippen molar-refractivity contribution in [2.45, 2.75) is 51.2 Å². The average molecular weight is 412 g/mol. The Morgan fingerprint density at radius 1 is 1.47 bits per heavy atom. The number of aromatic nitrogens is 2. The number of nitrogens with one attached hydrogen (secondary N) is 1. The van der Waals surface area contributed by atoms with Gasteiger partial charge in [0.05, 0.1) is 30.3 Å². The van der Waals surface area contributed by atoms with Gasteiger partial charge >= 0.3 is 0 Å². The highest BCUT2D eigenvalue weighted by Crippen LogP contribution is 2.33. The second-order valence-corrected chi connectivity index (χ2v) is 8.16. The van der Waals surface area contributed by atoms with Gasteiger partial charge in [-0.15, -0.1) is 0 Å². The highest BCUT2D eigenvalue weighted by Gasteiger charge is 2.26. The number of methoxy groups -OCH3 is 1. The van der Waals surface area contributed by atoms with Crippen LogP contribution in [0.3, 0.4) is 0 Å². The fourth-order valence-corrected chi connectivity index (χ4v) is 3.02. The molecule has 1 aliphatic rings. The van der Waals surface area contributed by atoms with Crippen LogP contribution in [0.25, 0.3) is 6.08 Å². The molecule has 8 nitrogen and oxygen atoms in total. The number of carbonyl (C=O) groups is 1. The Balaban J connectivity index is 1.81. The average Bonchev–Trinajstić information content (AvgIpc) is 3.51. The van der Waals surface area contributed by atoms with E-state index >= 15 is 0 Å². The zero-order valence-corrected chi connectivity index (χ0v) is 17.5. The van der Waals surface area contributed by atoms with E-state index in [1.807, 2.05) is 0 Å². The number of allylic oxidation sites excluding steroid dienone is 1. The van der Waals surface area contributed by atoms with Crippen LogP contribution in [-0.2, 0) is 0 Å². The number of amides is 1. The van der Waals surface area contributed by atoms with Gasteiger partial charge < -0.3 is 25.5 Å². The van der Waals surface area contributed by atoms with E-state index in [1.54, 1.807) is 42.8 Å². The number of aliphatic hydroxyl groups is 1. The van der Waals surface area contributed by atoms with E-state index in [0.717, 1.165) is 12.8 Å². The number of carbonyl (C=O) groups excluding carboxylic acids is 1. The molecule has 1 fully saturated rings. The lowest BCUT2D eigenvalue weighted by molar-refractivity contribution is 0.0713. The number of pyridine rings is 2. The molecule has 0 aliphatic heterocycles. The summed E-state index contributed by atoms with van der Waals surface area (Å²) in [7, 11) is 1.47. The normalized spacial score (nSPS) is 14.5. The molecule has 0 aromatic carbocycles. The molecule has 1 aliphatic carbocycles. The summed E-state index contributed by atoms with van der Waals surface area (Å²) in [4.78, 5) is 29.7. The Bertz CT molecular complexity index is 1020. The second kappa shape index (κ2) is 8.71. The predicted octanol–water partition coefficient (Wildman–Crippen LogP) is 2.69. The molecule has 0 atom stereocenters. The van der Waals surface area contributed by atoms with E-state index in [0.29, 0.717) is 35.7 Å². The molecule has 8 heteroatoms. The number of rotatable bonds is 8. The molecular formula is C22H28N4O4. The van der Waals surface area contributed by atoms with Gasteiger partial charge in [-0.2, -0.15) is 0 Å². The van der Waals surface area contributed by atoms with Crippen LogP contribution in [-0.4, -0.2) is 33.3 Å². The summed E-state index contributed by atoms with van der Waals surface area (Å²) in [6, 6.07) is 5.04. The highest BCUT2D eigenvalue weighted by molar-refractivity contribution is 6.04. The maximum absolute atomic E-state index is 12.8. The van der Waals surface area contributed by atoms with Gasteiger partial charge in [-0.1, -0.05) is 0 Å². The van der Waals surface area contributed by atoms with Crippen molar-refractivity contribution in [3.8, 4) is 5.75 Å². The summed E-state index contributed by atoms with van der Waals surface area (Å²) >= 11 is 0. The van der Waals surface area contributed by atoms with E-state index < -0.39 is 11.5 Å². The van der Waals surface area contributed by atoms with Gasteiger partial charge in [-0.3, -0.25) is 14.6 Å². The summed E-state index contributed by atoms with van der Waals surface area (Å²) in [5, 5.41) is 12.6. The number of nitrogens with zero attached hydrogens (tertiary/aromatic N) is 2. The first-order chi connectivity index (χ1) is 14.2. The van der Waals surface area contributed by atoms with Crippen molar-refractivity contribution in [2.75, 3.05) is 12.4 Å². The standard InChI is InChI=1S/C22H28N4O4/c1-22(2,29)9-8-14(23)11-15-12-18(19(30-3)13-24-15)25-20(27)17-5-4-10-26(21(17)28)16-6-7-16/h4-5,10-13,16,29H,6-9,23H2,1-3H3,(H,24,25,27)/b14-11-. The number of anilines is 1. The molecule has 0 bridgehead atoms. The third-order valence-corrected chi connectivity index (χ3v) is 4.87. The maximum Gasteiger partial charge on any atom is 0.263 e. The number of hydrogen-bond acceptors (Lipinski definition) is 6. The second-order valence-electron chi connectivity index (χ2n) is 8.16. The Morgan fingerprint density at radius 2 is 2.20 bits per heavy atom. The summed E-state index contributed by atoms with van der Waals surface area (Å²) in [5.74, 6) is -0.140. The lowest BCUT2D eigenvalue weighted by Crippen LogP contribution is -2.28. The van der Waals surface area contributed by atoms with E-state index in [2.05, 4.69) is 10.3 Å². The molecule has 2 aromatic heterocycles. The lowest BCUT2D eigenvalue weighted by atomic mass is 10.0. The molecule has 0 unspecified atom stereocenters. The van der Waals surface area contributed by atoms with Gasteiger partial charge in [0.25, 0.3) is 11.5 Å². The number of ether oxygens (including phenoxy) is 1. The highest BCUT2D eigenvalue weighted by atomic mass is 16.5. The van der Waals surface area contributed by atoms with Crippen LogP contribution in [0, 0.1) is 0 Å². The third kappa shape index (κ3) is 5.48. The first-order valence-electron chi connectivity index (χ1n) is 9.93. The molecule has 4 N–H and O–H groups in total. The summed E-state index contributed by atoms with van der Waals surface area (Å²) < 4.78 is 6.90. The molecule has 2 heterocycles. The van der Waals surface area contributed by atoms with Gasteiger partial charge in [0.1, 0.15) is 5.56 Å². The maximum atomic E-state index is 12.8. The molecule has 0 saturated heterocycles. The first kappa shape index (κ1) is 21.6. The quantitative estimate of drug-likeness (QED) is 0.613. The van der Waals surface area contributed by atoms with Crippen LogP contribution in [0.1, 0.15) is 61.6 Å². The third-order valence-electron chi connectivity index (χ3n) is 4.87. The predicted molar refractivity (Wildman–Crippen MR) is 115 cm³/mol. The van der Waals surface area contributed by atoms with E-state index in [-0.39, 0.29) is 17.2 Å². The minimum atomic E-state index is -0.812. The van der Waals surface area contributed by atoms with Crippen molar-refractivity contribution < 1.29 is 14.6 Å². The summed E-state index contributed by atoms with van der Waals surface area (Å²) in [5.41, 5.74) is 6.48. The van der Waals surface area contributed by atoms with Crippen LogP contribution < -0.4 is 21.3 Å². The molecule has 30 heavy (non-hydrogen) atoms. The zero-order chi connectivity index (χ0) is 21.9. The van der Waals surface area contributed by atoms with Crippen molar-refractivity contribution in [1.82, 2.24) is 9.55 Å². The van der Waals surface area contributed by atoms with Gasteiger partial charge in [0.15, 0.2) is 5.75 Å². The topological polar surface area (TPSA) is 119 Å². The van der Waals surface area contributed by atoms with Crippen molar-refractivity contribution in [3.63, 3.8) is 0 Å². The molecule has 1 amide bonds. The Labute approximate surface area is 175 Å². The van der Waals surface area contributed by atoms with E-state index in [4.69, 9.17) is 10.5 Å². The van der Waals surface area contributed by atoms with Crippen LogP contribution in [0.2, 0.25) is 0 Å². The minimum Gasteiger partial charge on any atom is -0.493 e. The first-order valence-corrected chi connectivity index (χ1v) is 9.93. The van der Waals surface area contributed by atoms with Crippen LogP contribution in [0.5, 0.6) is 5.75 Å². The molecule has 3 rings (SSSR count). The Hall–Kier alpha value is -3.13. The van der Waals surface area contributed by atoms with Crippen LogP contribution >= 0.6 is 0 Å². The fraction of sp³-hybridized carbons (Fsp3) is 0.409.